The lowest BCUT2D eigenvalue weighted by atomic mass is 9.96. The highest BCUT2D eigenvalue weighted by Gasteiger charge is 2.23. The van der Waals surface area contributed by atoms with Gasteiger partial charge in [-0.1, -0.05) is 38.4 Å². The van der Waals surface area contributed by atoms with Crippen LogP contribution in [-0.4, -0.2) is 9.55 Å². The van der Waals surface area contributed by atoms with Gasteiger partial charge in [0.25, 0.3) is 0 Å². The third kappa shape index (κ3) is 4.87. The molecule has 0 amide bonds. The lowest BCUT2D eigenvalue weighted by Gasteiger charge is -2.22. The van der Waals surface area contributed by atoms with Crippen LogP contribution in [0.4, 0.5) is 13.2 Å². The van der Waals surface area contributed by atoms with Crippen molar-refractivity contribution in [1.29, 1.82) is 5.26 Å². The molecule has 4 rings (SSSR count). The molecule has 0 fully saturated rings. The van der Waals surface area contributed by atoms with E-state index in [-0.39, 0.29) is 23.1 Å². The Morgan fingerprint density at radius 2 is 1.74 bits per heavy atom. The minimum atomic E-state index is -0.983. The van der Waals surface area contributed by atoms with Crippen LogP contribution >= 0.6 is 11.6 Å². The van der Waals surface area contributed by atoms with E-state index in [0.29, 0.717) is 39.7 Å². The Morgan fingerprint density at radius 3 is 2.41 bits per heavy atom. The lowest BCUT2D eigenvalue weighted by Crippen LogP contribution is -2.16. The Hall–Kier alpha value is -3.50. The first-order chi connectivity index (χ1) is 16.1. The Labute approximate surface area is 200 Å². The summed E-state index contributed by atoms with van der Waals surface area (Å²) in [5.74, 6) is -1.72. The van der Waals surface area contributed by atoms with Crippen molar-refractivity contribution in [2.75, 3.05) is 0 Å². The van der Waals surface area contributed by atoms with Crippen LogP contribution in [-0.2, 0) is 13.2 Å². The van der Waals surface area contributed by atoms with Crippen molar-refractivity contribution < 1.29 is 17.9 Å². The van der Waals surface area contributed by atoms with E-state index in [2.05, 4.69) is 4.98 Å². The normalized spacial score (nSPS) is 11.6. The molecule has 8 heteroatoms. The number of aromatic nitrogens is 2. The van der Waals surface area contributed by atoms with E-state index in [1.807, 2.05) is 31.4 Å². The second-order valence-electron chi connectivity index (χ2n) is 9.18. The molecular weight excluding hydrogens is 463 g/mol. The van der Waals surface area contributed by atoms with Gasteiger partial charge < -0.3 is 9.30 Å². The van der Waals surface area contributed by atoms with Crippen molar-refractivity contribution in [3.63, 3.8) is 0 Å². The van der Waals surface area contributed by atoms with Crippen LogP contribution in [0.5, 0.6) is 5.75 Å². The predicted molar refractivity (Wildman–Crippen MR) is 125 cm³/mol. The third-order valence-electron chi connectivity index (χ3n) is 5.17. The molecule has 0 aliphatic rings. The van der Waals surface area contributed by atoms with Gasteiger partial charge in [-0.2, -0.15) is 5.26 Å². The maximum atomic E-state index is 14.4. The van der Waals surface area contributed by atoms with Gasteiger partial charge in [-0.05, 0) is 35.7 Å². The minimum absolute atomic E-state index is 0.117. The molecule has 0 saturated heterocycles. The zero-order valence-corrected chi connectivity index (χ0v) is 19.6. The number of ether oxygens (including phenoxy) is 1. The summed E-state index contributed by atoms with van der Waals surface area (Å²) >= 11 is 6.21. The number of hydrogen-bond acceptors (Lipinski definition) is 3. The summed E-state index contributed by atoms with van der Waals surface area (Å²) in [6.07, 6.45) is 0. The Balaban J connectivity index is 1.81. The summed E-state index contributed by atoms with van der Waals surface area (Å²) in [6, 6.07) is 13.2. The molecule has 0 aliphatic heterocycles. The maximum absolute atomic E-state index is 14.4. The zero-order valence-electron chi connectivity index (χ0n) is 18.8. The van der Waals surface area contributed by atoms with E-state index in [1.54, 1.807) is 18.2 Å². The summed E-state index contributed by atoms with van der Waals surface area (Å²) in [5.41, 5.74) is 1.56. The summed E-state index contributed by atoms with van der Waals surface area (Å²) in [7, 11) is 0. The van der Waals surface area contributed by atoms with Crippen molar-refractivity contribution >= 4 is 22.6 Å². The summed E-state index contributed by atoms with van der Waals surface area (Å²) in [4.78, 5) is 4.58. The maximum Gasteiger partial charge on any atom is 0.161 e. The number of fused-ring (bicyclic) bond motifs is 1. The molecule has 1 aromatic heterocycles. The average molecular weight is 484 g/mol. The molecule has 0 saturated carbocycles. The topological polar surface area (TPSA) is 50.8 Å². The number of hydrogen-bond donors (Lipinski definition) is 0. The molecule has 174 valence electrons. The van der Waals surface area contributed by atoms with Gasteiger partial charge in [-0.25, -0.2) is 18.2 Å². The first-order valence-corrected chi connectivity index (χ1v) is 10.9. The lowest BCUT2D eigenvalue weighted by molar-refractivity contribution is 0.300. The van der Waals surface area contributed by atoms with Crippen molar-refractivity contribution in [2.24, 2.45) is 5.41 Å². The minimum Gasteiger partial charge on any atom is -0.488 e. The SMILES string of the molecule is CC(C)(C)Cn1c(-c2ccc(Cl)cc2OCc2ccc(C#N)cc2F)nc2cc(F)c(F)cc21. The molecule has 0 N–H and O–H groups in total. The van der Waals surface area contributed by atoms with Crippen LogP contribution in [0, 0.1) is 34.2 Å². The largest absolute Gasteiger partial charge is 0.488 e. The molecule has 0 radical (unpaired) electrons. The number of nitrogens with zero attached hydrogens (tertiary/aromatic N) is 3. The first-order valence-electron chi connectivity index (χ1n) is 10.5. The highest BCUT2D eigenvalue weighted by Crippen LogP contribution is 2.36. The van der Waals surface area contributed by atoms with Gasteiger partial charge in [0, 0.05) is 29.3 Å². The van der Waals surface area contributed by atoms with E-state index < -0.39 is 17.5 Å². The van der Waals surface area contributed by atoms with Gasteiger partial charge in [0.1, 0.15) is 24.0 Å². The molecule has 4 aromatic rings. The van der Waals surface area contributed by atoms with Crippen molar-refractivity contribution in [3.8, 4) is 23.2 Å². The number of nitriles is 1. The summed E-state index contributed by atoms with van der Waals surface area (Å²) in [6.45, 7) is 6.42. The average Bonchev–Trinajstić information content (AvgIpc) is 3.08. The summed E-state index contributed by atoms with van der Waals surface area (Å²) < 4.78 is 50.1. The number of halogens is 4. The number of rotatable bonds is 5. The molecule has 0 bridgehead atoms. The van der Waals surface area contributed by atoms with E-state index in [1.165, 1.54) is 12.1 Å². The van der Waals surface area contributed by atoms with Crippen molar-refractivity contribution in [2.45, 2.75) is 33.9 Å². The van der Waals surface area contributed by atoms with Gasteiger partial charge in [0.2, 0.25) is 0 Å². The monoisotopic (exact) mass is 483 g/mol. The van der Waals surface area contributed by atoms with Crippen LogP contribution in [0.15, 0.2) is 48.5 Å². The van der Waals surface area contributed by atoms with E-state index >= 15 is 0 Å². The van der Waals surface area contributed by atoms with Crippen molar-refractivity contribution in [3.05, 3.63) is 82.1 Å². The standard InChI is InChI=1S/C26H21ClF3N3O/c1-26(2,3)14-33-23-11-21(30)20(29)10-22(23)32-25(33)18-7-6-17(27)9-24(18)34-13-16-5-4-15(12-31)8-19(16)28/h4-11H,13-14H2,1-3H3. The van der Waals surface area contributed by atoms with Gasteiger partial charge >= 0.3 is 0 Å². The van der Waals surface area contributed by atoms with Gasteiger partial charge in [-0.3, -0.25) is 0 Å². The van der Waals surface area contributed by atoms with Crippen LogP contribution in [0.3, 0.4) is 0 Å². The fraction of sp³-hybridized carbons (Fsp3) is 0.231. The molecule has 34 heavy (non-hydrogen) atoms. The molecule has 0 unspecified atom stereocenters. The van der Waals surface area contributed by atoms with Crippen LogP contribution in [0.1, 0.15) is 31.9 Å². The smallest absolute Gasteiger partial charge is 0.161 e. The van der Waals surface area contributed by atoms with Gasteiger partial charge in [0.05, 0.1) is 28.2 Å². The highest BCUT2D eigenvalue weighted by atomic mass is 35.5. The van der Waals surface area contributed by atoms with Crippen molar-refractivity contribution in [1.82, 2.24) is 9.55 Å². The second-order valence-corrected chi connectivity index (χ2v) is 9.62. The Kier molecular flexibility index (Phi) is 6.28. The number of imidazole rings is 1. The molecule has 1 heterocycles. The predicted octanol–water partition coefficient (Wildman–Crippen LogP) is 7.27. The first kappa shape index (κ1) is 23.7. The second kappa shape index (κ2) is 9.03. The third-order valence-corrected chi connectivity index (χ3v) is 5.41. The van der Waals surface area contributed by atoms with Gasteiger partial charge in [-0.15, -0.1) is 0 Å². The number of benzene rings is 3. The Bertz CT molecular complexity index is 1430. The molecule has 0 atom stereocenters. The van der Waals surface area contributed by atoms with Crippen LogP contribution < -0.4 is 4.74 Å². The quantitative estimate of drug-likeness (QED) is 0.300. The molecular formula is C26H21ClF3N3O. The molecule has 0 spiro atoms. The molecule has 0 aliphatic carbocycles. The fourth-order valence-electron chi connectivity index (χ4n) is 3.65. The Morgan fingerprint density at radius 1 is 1.00 bits per heavy atom. The zero-order chi connectivity index (χ0) is 24.6. The van der Waals surface area contributed by atoms with Crippen LogP contribution in [0.2, 0.25) is 5.02 Å². The van der Waals surface area contributed by atoms with Crippen LogP contribution in [0.25, 0.3) is 22.4 Å². The fourth-order valence-corrected chi connectivity index (χ4v) is 3.81. The van der Waals surface area contributed by atoms with E-state index in [9.17, 15) is 13.2 Å². The summed E-state index contributed by atoms with van der Waals surface area (Å²) in [5, 5.41) is 9.33. The highest BCUT2D eigenvalue weighted by molar-refractivity contribution is 6.30. The van der Waals surface area contributed by atoms with Gasteiger partial charge in [0.15, 0.2) is 11.6 Å². The van der Waals surface area contributed by atoms with E-state index in [0.717, 1.165) is 18.2 Å². The molecule has 4 nitrogen and oxygen atoms in total. The van der Waals surface area contributed by atoms with E-state index in [4.69, 9.17) is 21.6 Å². The molecule has 3 aromatic carbocycles.